The molecule has 0 aromatic heterocycles. The van der Waals surface area contributed by atoms with E-state index < -0.39 is 0 Å². The number of carbonyl (C=O) groups excluding carboxylic acids is 1. The van der Waals surface area contributed by atoms with Gasteiger partial charge in [0.2, 0.25) is 0 Å². The monoisotopic (exact) mass is 290 g/mol. The third kappa shape index (κ3) is 2.73. The molecule has 0 saturated heterocycles. The van der Waals surface area contributed by atoms with Crippen molar-refractivity contribution >= 4 is 16.7 Å². The van der Waals surface area contributed by atoms with Crippen molar-refractivity contribution in [2.75, 3.05) is 6.61 Å². The van der Waals surface area contributed by atoms with Crippen molar-refractivity contribution in [2.24, 2.45) is 0 Å². The third-order valence-corrected chi connectivity index (χ3v) is 3.74. The van der Waals surface area contributed by atoms with Crippen LogP contribution in [0, 0.1) is 6.92 Å². The molecule has 0 aliphatic rings. The fourth-order valence-corrected chi connectivity index (χ4v) is 2.59. The zero-order chi connectivity index (χ0) is 15.5. The lowest BCUT2D eigenvalue weighted by molar-refractivity contribution is 0.0527. The fraction of sp³-hybridized carbons (Fsp3) is 0.150. The minimum absolute atomic E-state index is 0.274. The number of aryl methyl sites for hydroxylation is 1. The summed E-state index contributed by atoms with van der Waals surface area (Å²) in [6.07, 6.45) is 0. The molecule has 0 unspecified atom stereocenters. The van der Waals surface area contributed by atoms with Crippen LogP contribution in [0.4, 0.5) is 0 Å². The molecule has 0 aliphatic carbocycles. The highest BCUT2D eigenvalue weighted by molar-refractivity contribution is 6.03. The molecule has 3 rings (SSSR count). The number of hydrogen-bond acceptors (Lipinski definition) is 2. The van der Waals surface area contributed by atoms with Crippen molar-refractivity contribution in [3.63, 3.8) is 0 Å². The average molecular weight is 290 g/mol. The van der Waals surface area contributed by atoms with Crippen LogP contribution in [-0.2, 0) is 4.74 Å². The summed E-state index contributed by atoms with van der Waals surface area (Å²) in [6, 6.07) is 20.2. The van der Waals surface area contributed by atoms with Crippen LogP contribution in [0.2, 0.25) is 0 Å². The van der Waals surface area contributed by atoms with Crippen LogP contribution in [0.1, 0.15) is 22.8 Å². The Kier molecular flexibility index (Phi) is 3.92. The SMILES string of the molecule is CCOC(=O)c1cc2ccccc2cc1-c1ccc(C)cc1. The molecular formula is C20H18O2. The van der Waals surface area contributed by atoms with Gasteiger partial charge in [-0.2, -0.15) is 0 Å². The first-order chi connectivity index (χ1) is 10.7. The standard InChI is InChI=1S/C20H18O2/c1-3-22-20(21)19-13-17-7-5-4-6-16(17)12-18(19)15-10-8-14(2)9-11-15/h4-13H,3H2,1-2H3. The molecule has 2 heteroatoms. The second-order valence-electron chi connectivity index (χ2n) is 5.33. The molecule has 0 heterocycles. The lowest BCUT2D eigenvalue weighted by Crippen LogP contribution is -2.06. The van der Waals surface area contributed by atoms with E-state index in [1.807, 2.05) is 43.3 Å². The van der Waals surface area contributed by atoms with Gasteiger partial charge >= 0.3 is 5.97 Å². The zero-order valence-corrected chi connectivity index (χ0v) is 12.8. The van der Waals surface area contributed by atoms with Crippen LogP contribution in [0.25, 0.3) is 21.9 Å². The lowest BCUT2D eigenvalue weighted by atomic mass is 9.95. The molecule has 0 fully saturated rings. The molecule has 2 nitrogen and oxygen atoms in total. The minimum Gasteiger partial charge on any atom is -0.462 e. The van der Waals surface area contributed by atoms with Crippen molar-refractivity contribution in [1.82, 2.24) is 0 Å². The van der Waals surface area contributed by atoms with Gasteiger partial charge in [0.1, 0.15) is 0 Å². The molecule has 0 amide bonds. The van der Waals surface area contributed by atoms with Gasteiger partial charge in [-0.15, -0.1) is 0 Å². The van der Waals surface area contributed by atoms with Gasteiger partial charge in [-0.25, -0.2) is 4.79 Å². The summed E-state index contributed by atoms with van der Waals surface area (Å²) in [5, 5.41) is 2.16. The van der Waals surface area contributed by atoms with E-state index in [9.17, 15) is 4.79 Å². The van der Waals surface area contributed by atoms with E-state index in [1.165, 1.54) is 5.56 Å². The Labute approximate surface area is 130 Å². The lowest BCUT2D eigenvalue weighted by Gasteiger charge is -2.11. The predicted octanol–water partition coefficient (Wildman–Crippen LogP) is 4.99. The van der Waals surface area contributed by atoms with Crippen LogP contribution in [0.3, 0.4) is 0 Å². The van der Waals surface area contributed by atoms with E-state index in [4.69, 9.17) is 4.74 Å². The van der Waals surface area contributed by atoms with Gasteiger partial charge in [0.05, 0.1) is 12.2 Å². The number of carbonyl (C=O) groups is 1. The molecule has 0 N–H and O–H groups in total. The van der Waals surface area contributed by atoms with Gasteiger partial charge in [0.25, 0.3) is 0 Å². The van der Waals surface area contributed by atoms with E-state index >= 15 is 0 Å². The summed E-state index contributed by atoms with van der Waals surface area (Å²) in [5.74, 6) is -0.274. The van der Waals surface area contributed by atoms with Crippen molar-refractivity contribution in [3.8, 4) is 11.1 Å². The number of esters is 1. The summed E-state index contributed by atoms with van der Waals surface area (Å²) in [4.78, 5) is 12.3. The molecular weight excluding hydrogens is 272 g/mol. The normalized spacial score (nSPS) is 10.6. The van der Waals surface area contributed by atoms with E-state index in [2.05, 4.69) is 31.2 Å². The number of hydrogen-bond donors (Lipinski definition) is 0. The Morgan fingerprint density at radius 2 is 1.59 bits per heavy atom. The van der Waals surface area contributed by atoms with Gasteiger partial charge in [-0.1, -0.05) is 54.1 Å². The first-order valence-corrected chi connectivity index (χ1v) is 7.46. The summed E-state index contributed by atoms with van der Waals surface area (Å²) in [7, 11) is 0. The Morgan fingerprint density at radius 3 is 2.23 bits per heavy atom. The number of ether oxygens (including phenoxy) is 1. The highest BCUT2D eigenvalue weighted by Crippen LogP contribution is 2.29. The summed E-state index contributed by atoms with van der Waals surface area (Å²) in [6.45, 7) is 4.25. The quantitative estimate of drug-likeness (QED) is 0.635. The molecule has 0 aliphatic heterocycles. The van der Waals surface area contributed by atoms with Gasteiger partial charge in [0.15, 0.2) is 0 Å². The largest absolute Gasteiger partial charge is 0.462 e. The molecule has 0 spiro atoms. The Hall–Kier alpha value is -2.61. The Morgan fingerprint density at radius 1 is 0.955 bits per heavy atom. The van der Waals surface area contributed by atoms with Crippen LogP contribution in [0.5, 0.6) is 0 Å². The van der Waals surface area contributed by atoms with Gasteiger partial charge in [-0.3, -0.25) is 0 Å². The van der Waals surface area contributed by atoms with E-state index in [0.717, 1.165) is 21.9 Å². The maximum Gasteiger partial charge on any atom is 0.338 e. The van der Waals surface area contributed by atoms with E-state index in [1.54, 1.807) is 0 Å². The highest BCUT2D eigenvalue weighted by atomic mass is 16.5. The second-order valence-corrected chi connectivity index (χ2v) is 5.33. The van der Waals surface area contributed by atoms with E-state index in [-0.39, 0.29) is 5.97 Å². The fourth-order valence-electron chi connectivity index (χ4n) is 2.59. The molecule has 22 heavy (non-hydrogen) atoms. The van der Waals surface area contributed by atoms with Crippen molar-refractivity contribution in [2.45, 2.75) is 13.8 Å². The predicted molar refractivity (Wildman–Crippen MR) is 90.1 cm³/mol. The zero-order valence-electron chi connectivity index (χ0n) is 12.8. The Bertz CT molecular complexity index is 817. The summed E-state index contributed by atoms with van der Waals surface area (Å²) >= 11 is 0. The second kappa shape index (κ2) is 6.02. The summed E-state index contributed by atoms with van der Waals surface area (Å²) in [5.41, 5.74) is 3.75. The smallest absolute Gasteiger partial charge is 0.338 e. The molecule has 0 radical (unpaired) electrons. The van der Waals surface area contributed by atoms with Crippen molar-refractivity contribution in [1.29, 1.82) is 0 Å². The van der Waals surface area contributed by atoms with Gasteiger partial charge in [0, 0.05) is 0 Å². The van der Waals surface area contributed by atoms with Crippen LogP contribution in [-0.4, -0.2) is 12.6 Å². The van der Waals surface area contributed by atoms with Crippen LogP contribution < -0.4 is 0 Å². The van der Waals surface area contributed by atoms with Crippen LogP contribution in [0.15, 0.2) is 60.7 Å². The molecule has 0 saturated carbocycles. The topological polar surface area (TPSA) is 26.3 Å². The van der Waals surface area contributed by atoms with E-state index in [0.29, 0.717) is 12.2 Å². The first-order valence-electron chi connectivity index (χ1n) is 7.46. The number of rotatable bonds is 3. The molecule has 0 atom stereocenters. The maximum absolute atomic E-state index is 12.3. The summed E-state index contributed by atoms with van der Waals surface area (Å²) < 4.78 is 5.22. The number of benzene rings is 3. The highest BCUT2D eigenvalue weighted by Gasteiger charge is 2.15. The first kappa shape index (κ1) is 14.3. The molecule has 0 bridgehead atoms. The average Bonchev–Trinajstić information content (AvgIpc) is 2.54. The molecule has 110 valence electrons. The minimum atomic E-state index is -0.274. The Balaban J connectivity index is 2.22. The number of fused-ring (bicyclic) bond motifs is 1. The molecule has 3 aromatic carbocycles. The molecule has 3 aromatic rings. The van der Waals surface area contributed by atoms with Crippen molar-refractivity contribution in [3.05, 3.63) is 71.8 Å². The van der Waals surface area contributed by atoms with Gasteiger partial charge < -0.3 is 4.74 Å². The van der Waals surface area contributed by atoms with Crippen molar-refractivity contribution < 1.29 is 9.53 Å². The van der Waals surface area contributed by atoms with Crippen LogP contribution >= 0.6 is 0 Å². The third-order valence-electron chi connectivity index (χ3n) is 3.74. The van der Waals surface area contributed by atoms with Gasteiger partial charge in [-0.05, 0) is 47.9 Å². The maximum atomic E-state index is 12.3.